The van der Waals surface area contributed by atoms with Gasteiger partial charge in [-0.1, -0.05) is 6.07 Å². The predicted molar refractivity (Wildman–Crippen MR) is 90.4 cm³/mol. The number of carboxylic acids is 1. The zero-order valence-corrected chi connectivity index (χ0v) is 14.0. The molecule has 0 heterocycles. The lowest BCUT2D eigenvalue weighted by Crippen LogP contribution is -2.13. The van der Waals surface area contributed by atoms with E-state index in [-0.39, 0.29) is 11.5 Å². The van der Waals surface area contributed by atoms with Gasteiger partial charge in [-0.15, -0.1) is 0 Å². The quantitative estimate of drug-likeness (QED) is 0.879. The topological polar surface area (TPSA) is 84.9 Å². The van der Waals surface area contributed by atoms with Gasteiger partial charge in [0.15, 0.2) is 0 Å². The first-order valence-electron chi connectivity index (χ1n) is 7.25. The van der Waals surface area contributed by atoms with Crippen molar-refractivity contribution < 1.29 is 24.2 Å². The highest BCUT2D eigenvalue weighted by molar-refractivity contribution is 6.05. The summed E-state index contributed by atoms with van der Waals surface area (Å²) in [5.74, 6) is -0.349. The molecule has 1 amide bonds. The molecule has 0 atom stereocenters. The Bertz CT molecular complexity index is 773. The van der Waals surface area contributed by atoms with E-state index in [2.05, 4.69) is 5.32 Å². The zero-order chi connectivity index (χ0) is 17.9. The first kappa shape index (κ1) is 17.3. The van der Waals surface area contributed by atoms with Crippen LogP contribution in [0.1, 0.15) is 31.8 Å². The largest absolute Gasteiger partial charge is 0.496 e. The van der Waals surface area contributed by atoms with Gasteiger partial charge < -0.3 is 19.9 Å². The minimum absolute atomic E-state index is 0.145. The van der Waals surface area contributed by atoms with E-state index in [1.165, 1.54) is 20.3 Å². The van der Waals surface area contributed by atoms with Gasteiger partial charge in [-0.3, -0.25) is 4.79 Å². The third kappa shape index (κ3) is 3.48. The maximum atomic E-state index is 12.5. The van der Waals surface area contributed by atoms with Crippen LogP contribution in [0.15, 0.2) is 30.3 Å². The summed E-state index contributed by atoms with van der Waals surface area (Å²) in [6.45, 7) is 3.53. The summed E-state index contributed by atoms with van der Waals surface area (Å²) < 4.78 is 10.5. The van der Waals surface area contributed by atoms with Crippen molar-refractivity contribution in [3.63, 3.8) is 0 Å². The highest BCUT2D eigenvalue weighted by Crippen LogP contribution is 2.30. The molecule has 0 aromatic heterocycles. The second kappa shape index (κ2) is 7.04. The van der Waals surface area contributed by atoms with E-state index in [0.717, 1.165) is 5.56 Å². The molecule has 0 radical (unpaired) electrons. The number of methoxy groups -OCH3 is 2. The molecule has 0 unspecified atom stereocenters. The van der Waals surface area contributed by atoms with Gasteiger partial charge in [0.05, 0.1) is 19.8 Å². The SMILES string of the molecule is COc1cc(C(=O)Nc2ccc(C)c(C(=O)O)c2)cc(OC)c1C. The molecule has 2 rings (SSSR count). The second-order valence-electron chi connectivity index (χ2n) is 5.29. The maximum Gasteiger partial charge on any atom is 0.336 e. The predicted octanol–water partition coefficient (Wildman–Crippen LogP) is 3.27. The van der Waals surface area contributed by atoms with E-state index < -0.39 is 5.97 Å². The molecule has 6 nitrogen and oxygen atoms in total. The number of rotatable bonds is 5. The van der Waals surface area contributed by atoms with Crippen LogP contribution in [0, 0.1) is 13.8 Å². The number of hydrogen-bond acceptors (Lipinski definition) is 4. The van der Waals surface area contributed by atoms with E-state index in [9.17, 15) is 9.59 Å². The summed E-state index contributed by atoms with van der Waals surface area (Å²) in [5, 5.41) is 11.9. The number of anilines is 1. The van der Waals surface area contributed by atoms with E-state index >= 15 is 0 Å². The average Bonchev–Trinajstić information content (AvgIpc) is 2.56. The summed E-state index contributed by atoms with van der Waals surface area (Å²) in [7, 11) is 3.03. The summed E-state index contributed by atoms with van der Waals surface area (Å²) in [6.07, 6.45) is 0. The normalized spacial score (nSPS) is 10.2. The Kier molecular flexibility index (Phi) is 5.08. The van der Waals surface area contributed by atoms with Crippen LogP contribution < -0.4 is 14.8 Å². The van der Waals surface area contributed by atoms with Crippen LogP contribution in [-0.4, -0.2) is 31.2 Å². The lowest BCUT2D eigenvalue weighted by molar-refractivity contribution is 0.0695. The van der Waals surface area contributed by atoms with E-state index in [1.54, 1.807) is 31.2 Å². The van der Waals surface area contributed by atoms with Crippen molar-refractivity contribution in [1.29, 1.82) is 0 Å². The van der Waals surface area contributed by atoms with E-state index in [4.69, 9.17) is 14.6 Å². The van der Waals surface area contributed by atoms with Crippen LogP contribution in [-0.2, 0) is 0 Å². The number of hydrogen-bond donors (Lipinski definition) is 2. The number of benzene rings is 2. The standard InChI is InChI=1S/C18H19NO5/c1-10-5-6-13(9-14(10)18(21)22)19-17(20)12-7-15(23-3)11(2)16(8-12)24-4/h5-9H,1-4H3,(H,19,20)(H,21,22). The number of amides is 1. The number of ether oxygens (including phenoxy) is 2. The van der Waals surface area contributed by atoms with Gasteiger partial charge in [-0.25, -0.2) is 4.79 Å². The molecule has 2 aromatic rings. The second-order valence-corrected chi connectivity index (χ2v) is 5.29. The van der Waals surface area contributed by atoms with Gasteiger partial charge >= 0.3 is 5.97 Å². The molecule has 0 aliphatic carbocycles. The molecule has 0 fully saturated rings. The fraction of sp³-hybridized carbons (Fsp3) is 0.222. The number of aromatic carboxylic acids is 1. The Morgan fingerprint density at radius 3 is 2.08 bits per heavy atom. The van der Waals surface area contributed by atoms with Crippen molar-refractivity contribution in [2.45, 2.75) is 13.8 Å². The van der Waals surface area contributed by atoms with Crippen molar-refractivity contribution in [2.24, 2.45) is 0 Å². The number of nitrogens with one attached hydrogen (secondary N) is 1. The van der Waals surface area contributed by atoms with Gasteiger partial charge in [0.1, 0.15) is 11.5 Å². The van der Waals surface area contributed by atoms with Gasteiger partial charge in [0.25, 0.3) is 5.91 Å². The number of carboxylic acid groups (broad SMARTS) is 1. The fourth-order valence-electron chi connectivity index (χ4n) is 2.35. The Hall–Kier alpha value is -3.02. The summed E-state index contributed by atoms with van der Waals surface area (Å²) in [5.41, 5.74) is 2.32. The van der Waals surface area contributed by atoms with E-state index in [1.807, 2.05) is 6.92 Å². The Morgan fingerprint density at radius 2 is 1.58 bits per heavy atom. The molecular weight excluding hydrogens is 310 g/mol. The molecular formula is C18H19NO5. The lowest BCUT2D eigenvalue weighted by Gasteiger charge is -2.13. The van der Waals surface area contributed by atoms with Crippen molar-refractivity contribution >= 4 is 17.6 Å². The average molecular weight is 329 g/mol. The molecule has 0 aliphatic heterocycles. The maximum absolute atomic E-state index is 12.5. The van der Waals surface area contributed by atoms with Gasteiger partial charge in [0, 0.05) is 16.8 Å². The number of aryl methyl sites for hydroxylation is 1. The van der Waals surface area contributed by atoms with Gasteiger partial charge in [-0.05, 0) is 43.7 Å². The molecule has 0 aliphatic rings. The number of carbonyl (C=O) groups excluding carboxylic acids is 1. The molecule has 6 heteroatoms. The first-order chi connectivity index (χ1) is 11.4. The first-order valence-corrected chi connectivity index (χ1v) is 7.25. The third-order valence-corrected chi connectivity index (χ3v) is 3.74. The minimum Gasteiger partial charge on any atom is -0.496 e. The van der Waals surface area contributed by atoms with Gasteiger partial charge in [0.2, 0.25) is 0 Å². The highest BCUT2D eigenvalue weighted by Gasteiger charge is 2.15. The van der Waals surface area contributed by atoms with E-state index in [0.29, 0.717) is 28.3 Å². The molecule has 0 saturated heterocycles. The van der Waals surface area contributed by atoms with Crippen molar-refractivity contribution in [3.05, 3.63) is 52.6 Å². The summed E-state index contributed by atoms with van der Waals surface area (Å²) >= 11 is 0. The third-order valence-electron chi connectivity index (χ3n) is 3.74. The van der Waals surface area contributed by atoms with Crippen LogP contribution in [0.4, 0.5) is 5.69 Å². The minimum atomic E-state index is -1.04. The number of carbonyl (C=O) groups is 2. The Labute approximate surface area is 140 Å². The summed E-state index contributed by atoms with van der Waals surface area (Å²) in [6, 6.07) is 7.95. The molecule has 0 bridgehead atoms. The van der Waals surface area contributed by atoms with Gasteiger partial charge in [-0.2, -0.15) is 0 Å². The molecule has 126 valence electrons. The van der Waals surface area contributed by atoms with Crippen LogP contribution in [0.5, 0.6) is 11.5 Å². The van der Waals surface area contributed by atoms with Crippen molar-refractivity contribution in [3.8, 4) is 11.5 Å². The molecule has 2 N–H and O–H groups in total. The fourth-order valence-corrected chi connectivity index (χ4v) is 2.35. The van der Waals surface area contributed by atoms with Crippen LogP contribution in [0.3, 0.4) is 0 Å². The Balaban J connectivity index is 2.33. The smallest absolute Gasteiger partial charge is 0.336 e. The van der Waals surface area contributed by atoms with Crippen LogP contribution >= 0.6 is 0 Å². The molecule has 0 spiro atoms. The van der Waals surface area contributed by atoms with Crippen LogP contribution in [0.25, 0.3) is 0 Å². The molecule has 24 heavy (non-hydrogen) atoms. The van der Waals surface area contributed by atoms with Crippen molar-refractivity contribution in [2.75, 3.05) is 19.5 Å². The zero-order valence-electron chi connectivity index (χ0n) is 14.0. The Morgan fingerprint density at radius 1 is 1.00 bits per heavy atom. The van der Waals surface area contributed by atoms with Crippen LogP contribution in [0.2, 0.25) is 0 Å². The highest BCUT2D eigenvalue weighted by atomic mass is 16.5. The van der Waals surface area contributed by atoms with Crippen molar-refractivity contribution in [1.82, 2.24) is 0 Å². The summed E-state index contributed by atoms with van der Waals surface area (Å²) in [4.78, 5) is 23.6. The molecule has 0 saturated carbocycles. The molecule has 2 aromatic carbocycles. The lowest BCUT2D eigenvalue weighted by atomic mass is 10.1. The monoisotopic (exact) mass is 329 g/mol.